The van der Waals surface area contributed by atoms with Crippen molar-refractivity contribution in [1.29, 1.82) is 0 Å². The molecule has 0 fully saturated rings. The van der Waals surface area contributed by atoms with Gasteiger partial charge in [-0.3, -0.25) is 9.59 Å². The molecule has 0 aliphatic heterocycles. The summed E-state index contributed by atoms with van der Waals surface area (Å²) < 4.78 is 10.8. The highest BCUT2D eigenvalue weighted by molar-refractivity contribution is 7.99. The number of ether oxygens (including phenoxy) is 1. The normalized spacial score (nSPS) is 11.4. The van der Waals surface area contributed by atoms with E-state index < -0.39 is 0 Å². The fraction of sp³-hybridized carbons (Fsp3) is 0.419. The fourth-order valence-corrected chi connectivity index (χ4v) is 5.11. The zero-order valence-corrected chi connectivity index (χ0v) is 25.1. The molecule has 0 spiro atoms. The number of nitrogens with zero attached hydrogens (tertiary/aromatic N) is 2. The van der Waals surface area contributed by atoms with E-state index in [0.717, 1.165) is 41.4 Å². The Balaban J connectivity index is 2.03. The predicted molar refractivity (Wildman–Crippen MR) is 165 cm³/mol. The summed E-state index contributed by atoms with van der Waals surface area (Å²) in [5.41, 5.74) is 4.12. The molecule has 0 saturated carbocycles. The van der Waals surface area contributed by atoms with Gasteiger partial charge in [0.2, 0.25) is 0 Å². The van der Waals surface area contributed by atoms with Crippen molar-refractivity contribution >= 4 is 46.0 Å². The van der Waals surface area contributed by atoms with E-state index in [1.807, 2.05) is 59.2 Å². The number of carbonyl (C=O) groups is 2. The van der Waals surface area contributed by atoms with E-state index in [0.29, 0.717) is 35.8 Å². The summed E-state index contributed by atoms with van der Waals surface area (Å²) in [6.07, 6.45) is 6.43. The van der Waals surface area contributed by atoms with Crippen LogP contribution in [0.2, 0.25) is 0 Å². The summed E-state index contributed by atoms with van der Waals surface area (Å²) in [7, 11) is 3.43. The van der Waals surface area contributed by atoms with Crippen molar-refractivity contribution in [3.63, 3.8) is 0 Å². The van der Waals surface area contributed by atoms with Gasteiger partial charge >= 0.3 is 0 Å². The third-order valence-electron chi connectivity index (χ3n) is 6.76. The standard InChI is InChI=1S/C31H42N4O3S/c1-9-11-12-17-35(16-10-2)30(37)23-15-13-14-21-18-26(34(6)27(21)23)29(36)32-24-19-22(31(3,4)5)20-25(33-39-8)28(24)38-7/h9,13-15,18-20,33H,1,10-12,16-17H2,2-8H3,(H,32,36). The average Bonchev–Trinajstić information content (AvgIpc) is 3.24. The Morgan fingerprint density at radius 3 is 2.49 bits per heavy atom. The zero-order valence-electron chi connectivity index (χ0n) is 24.3. The number of hydrogen-bond acceptors (Lipinski definition) is 5. The molecule has 7 nitrogen and oxygen atoms in total. The second-order valence-corrected chi connectivity index (χ2v) is 11.3. The minimum atomic E-state index is -0.275. The summed E-state index contributed by atoms with van der Waals surface area (Å²) >= 11 is 1.46. The van der Waals surface area contributed by atoms with Crippen LogP contribution in [0, 0.1) is 0 Å². The van der Waals surface area contributed by atoms with Gasteiger partial charge in [0.05, 0.1) is 29.6 Å². The molecule has 0 bridgehead atoms. The van der Waals surface area contributed by atoms with Gasteiger partial charge in [0, 0.05) is 31.8 Å². The Morgan fingerprint density at radius 1 is 1.15 bits per heavy atom. The van der Waals surface area contributed by atoms with E-state index in [1.54, 1.807) is 7.11 Å². The van der Waals surface area contributed by atoms with Crippen molar-refractivity contribution in [2.75, 3.05) is 36.5 Å². The number of rotatable bonds is 12. The Kier molecular flexibility index (Phi) is 10.1. The topological polar surface area (TPSA) is 75.6 Å². The number of anilines is 2. The van der Waals surface area contributed by atoms with E-state index in [9.17, 15) is 9.59 Å². The van der Waals surface area contributed by atoms with Gasteiger partial charge in [0.15, 0.2) is 5.75 Å². The van der Waals surface area contributed by atoms with Crippen molar-refractivity contribution in [3.8, 4) is 5.75 Å². The highest BCUT2D eigenvalue weighted by Crippen LogP contribution is 2.40. The highest BCUT2D eigenvalue weighted by Gasteiger charge is 2.24. The SMILES string of the molecule is C=CCCCN(CCC)C(=O)c1cccc2cc(C(=O)Nc3cc(C(C)(C)C)cc(NSC)c3OC)n(C)c12. The van der Waals surface area contributed by atoms with Crippen molar-refractivity contribution < 1.29 is 14.3 Å². The molecule has 0 atom stereocenters. The number of hydrogen-bond donors (Lipinski definition) is 2. The van der Waals surface area contributed by atoms with Crippen molar-refractivity contribution in [3.05, 3.63) is 65.9 Å². The van der Waals surface area contributed by atoms with Gasteiger partial charge in [-0.2, -0.15) is 0 Å². The van der Waals surface area contributed by atoms with Crippen LogP contribution in [0.15, 0.2) is 49.1 Å². The predicted octanol–water partition coefficient (Wildman–Crippen LogP) is 7.25. The molecule has 0 aliphatic carbocycles. The lowest BCUT2D eigenvalue weighted by Gasteiger charge is -2.24. The minimum absolute atomic E-state index is 0.0213. The molecule has 3 aromatic rings. The first-order valence-corrected chi connectivity index (χ1v) is 14.6. The number of carbonyl (C=O) groups excluding carboxylic acids is 2. The largest absolute Gasteiger partial charge is 0.492 e. The molecule has 39 heavy (non-hydrogen) atoms. The third-order valence-corrected chi connectivity index (χ3v) is 7.18. The van der Waals surface area contributed by atoms with Gasteiger partial charge in [0.1, 0.15) is 5.69 Å². The Morgan fingerprint density at radius 2 is 1.87 bits per heavy atom. The Labute approximate surface area is 237 Å². The van der Waals surface area contributed by atoms with Gasteiger partial charge in [0.25, 0.3) is 11.8 Å². The molecule has 0 unspecified atom stereocenters. The number of unbranched alkanes of at least 4 members (excludes halogenated alkanes) is 1. The molecule has 0 radical (unpaired) electrons. The molecule has 8 heteroatoms. The zero-order chi connectivity index (χ0) is 28.7. The van der Waals surface area contributed by atoms with Crippen LogP contribution in [0.25, 0.3) is 10.9 Å². The van der Waals surface area contributed by atoms with Crippen LogP contribution in [-0.4, -0.2) is 47.7 Å². The summed E-state index contributed by atoms with van der Waals surface area (Å²) in [5, 5.41) is 3.92. The van der Waals surface area contributed by atoms with Crippen LogP contribution in [0.3, 0.4) is 0 Å². The summed E-state index contributed by atoms with van der Waals surface area (Å²) in [6.45, 7) is 13.6. The minimum Gasteiger partial charge on any atom is -0.492 e. The first-order valence-electron chi connectivity index (χ1n) is 13.4. The van der Waals surface area contributed by atoms with Gasteiger partial charge in [-0.25, -0.2) is 0 Å². The molecule has 3 rings (SSSR count). The molecule has 2 N–H and O–H groups in total. The summed E-state index contributed by atoms with van der Waals surface area (Å²) in [5.74, 6) is 0.269. The van der Waals surface area contributed by atoms with Gasteiger partial charge in [-0.1, -0.05) is 57.9 Å². The number of amides is 2. The molecule has 1 aromatic heterocycles. The molecule has 2 aromatic carbocycles. The van der Waals surface area contributed by atoms with E-state index in [2.05, 4.69) is 50.4 Å². The lowest BCUT2D eigenvalue weighted by Crippen LogP contribution is -2.33. The number of para-hydroxylation sites is 1. The molecular weight excluding hydrogens is 508 g/mol. The first-order chi connectivity index (χ1) is 18.6. The van der Waals surface area contributed by atoms with E-state index in [1.165, 1.54) is 11.9 Å². The maximum Gasteiger partial charge on any atom is 0.272 e. The maximum absolute atomic E-state index is 13.7. The van der Waals surface area contributed by atoms with Crippen molar-refractivity contribution in [2.24, 2.45) is 7.05 Å². The number of allylic oxidation sites excluding steroid dienone is 1. The van der Waals surface area contributed by atoms with Gasteiger partial charge in [-0.15, -0.1) is 6.58 Å². The number of benzene rings is 2. The molecule has 210 valence electrons. The Hall–Kier alpha value is -3.39. The van der Waals surface area contributed by atoms with Crippen LogP contribution in [0.1, 0.15) is 73.4 Å². The van der Waals surface area contributed by atoms with Crippen LogP contribution < -0.4 is 14.8 Å². The second kappa shape index (κ2) is 13.1. The fourth-order valence-electron chi connectivity index (χ4n) is 4.74. The smallest absolute Gasteiger partial charge is 0.272 e. The number of aryl methyl sites for hydroxylation is 1. The molecule has 2 amide bonds. The number of nitrogens with one attached hydrogen (secondary N) is 2. The first kappa shape index (κ1) is 30.2. The quantitative estimate of drug-likeness (QED) is 0.141. The summed E-state index contributed by atoms with van der Waals surface area (Å²) in [4.78, 5) is 29.2. The van der Waals surface area contributed by atoms with Gasteiger partial charge < -0.3 is 24.2 Å². The van der Waals surface area contributed by atoms with E-state index >= 15 is 0 Å². The Bertz CT molecular complexity index is 1340. The molecule has 0 aliphatic rings. The van der Waals surface area contributed by atoms with Crippen molar-refractivity contribution in [2.45, 2.75) is 52.4 Å². The summed E-state index contributed by atoms with van der Waals surface area (Å²) in [6, 6.07) is 11.5. The maximum atomic E-state index is 13.7. The van der Waals surface area contributed by atoms with Gasteiger partial charge in [-0.05, 0) is 54.5 Å². The lowest BCUT2D eigenvalue weighted by atomic mass is 9.86. The van der Waals surface area contributed by atoms with Crippen LogP contribution in [-0.2, 0) is 12.5 Å². The van der Waals surface area contributed by atoms with E-state index in [-0.39, 0.29) is 17.2 Å². The average molecular weight is 551 g/mol. The third kappa shape index (κ3) is 6.79. The van der Waals surface area contributed by atoms with Crippen LogP contribution in [0.5, 0.6) is 5.75 Å². The highest BCUT2D eigenvalue weighted by atomic mass is 32.2. The molecular formula is C31H42N4O3S. The van der Waals surface area contributed by atoms with Crippen LogP contribution >= 0.6 is 11.9 Å². The number of fused-ring (bicyclic) bond motifs is 1. The second-order valence-electron chi connectivity index (χ2n) is 10.7. The number of aromatic nitrogens is 1. The molecule has 1 heterocycles. The van der Waals surface area contributed by atoms with Crippen molar-refractivity contribution in [1.82, 2.24) is 9.47 Å². The lowest BCUT2D eigenvalue weighted by molar-refractivity contribution is 0.0755. The molecule has 0 saturated heterocycles. The monoisotopic (exact) mass is 550 g/mol. The van der Waals surface area contributed by atoms with E-state index in [4.69, 9.17) is 4.74 Å². The number of methoxy groups -OCH3 is 1. The van der Waals surface area contributed by atoms with Crippen LogP contribution in [0.4, 0.5) is 11.4 Å².